The van der Waals surface area contributed by atoms with Crippen LogP contribution in [-0.4, -0.2) is 22.0 Å². The molecule has 0 saturated heterocycles. The van der Waals surface area contributed by atoms with Gasteiger partial charge in [-0.25, -0.2) is 4.79 Å². The van der Waals surface area contributed by atoms with E-state index in [-0.39, 0.29) is 30.4 Å². The van der Waals surface area contributed by atoms with E-state index in [0.717, 1.165) is 5.56 Å². The van der Waals surface area contributed by atoms with Crippen molar-refractivity contribution < 1.29 is 9.21 Å². The molecule has 3 rings (SSSR count). The van der Waals surface area contributed by atoms with Crippen LogP contribution in [0.4, 0.5) is 11.5 Å². The smallest absolute Gasteiger partial charge is 0.330 e. The van der Waals surface area contributed by atoms with Crippen molar-refractivity contribution in [3.8, 4) is 0 Å². The maximum absolute atomic E-state index is 12.6. The molecule has 1 amide bonds. The van der Waals surface area contributed by atoms with Crippen LogP contribution in [0, 0.1) is 0 Å². The fourth-order valence-corrected chi connectivity index (χ4v) is 2.70. The first kappa shape index (κ1) is 17.3. The summed E-state index contributed by atoms with van der Waals surface area (Å²) >= 11 is 0. The van der Waals surface area contributed by atoms with E-state index < -0.39 is 17.2 Å². The second-order valence-electron chi connectivity index (χ2n) is 5.59. The summed E-state index contributed by atoms with van der Waals surface area (Å²) in [5.41, 5.74) is 5.51. The third-order valence-corrected chi connectivity index (χ3v) is 3.96. The predicted octanol–water partition coefficient (Wildman–Crippen LogP) is 1.43. The average molecular weight is 354 g/mol. The van der Waals surface area contributed by atoms with Gasteiger partial charge in [-0.2, -0.15) is 0 Å². The molecule has 26 heavy (non-hydrogen) atoms. The van der Waals surface area contributed by atoms with Crippen LogP contribution in [0.2, 0.25) is 0 Å². The average Bonchev–Trinajstić information content (AvgIpc) is 3.17. The SMILES string of the molecule is CCN(C(=O)c1ccco1)c1c(N)n(Cc2ccccc2)c(=O)[nH]c1=O. The Hall–Kier alpha value is -3.55. The molecule has 0 unspecified atom stereocenters. The molecule has 134 valence electrons. The number of amides is 1. The van der Waals surface area contributed by atoms with Crippen molar-refractivity contribution in [2.75, 3.05) is 17.2 Å². The highest BCUT2D eigenvalue weighted by atomic mass is 16.3. The molecule has 0 aliphatic carbocycles. The zero-order valence-electron chi connectivity index (χ0n) is 14.1. The molecule has 0 aliphatic heterocycles. The number of carbonyl (C=O) groups excluding carboxylic acids is 1. The molecule has 0 saturated carbocycles. The summed E-state index contributed by atoms with van der Waals surface area (Å²) in [7, 11) is 0. The molecule has 0 fully saturated rings. The van der Waals surface area contributed by atoms with Gasteiger partial charge in [0.05, 0.1) is 12.8 Å². The van der Waals surface area contributed by atoms with E-state index >= 15 is 0 Å². The summed E-state index contributed by atoms with van der Waals surface area (Å²) < 4.78 is 6.34. The van der Waals surface area contributed by atoms with E-state index in [1.54, 1.807) is 13.0 Å². The molecule has 0 bridgehead atoms. The zero-order chi connectivity index (χ0) is 18.7. The second-order valence-corrected chi connectivity index (χ2v) is 5.59. The maximum Gasteiger partial charge on any atom is 0.330 e. The minimum Gasteiger partial charge on any atom is -0.459 e. The number of rotatable bonds is 5. The van der Waals surface area contributed by atoms with Gasteiger partial charge in [-0.15, -0.1) is 0 Å². The molecule has 3 N–H and O–H groups in total. The number of nitrogens with two attached hydrogens (primary N) is 1. The number of H-pyrrole nitrogens is 1. The number of nitrogens with zero attached hydrogens (tertiary/aromatic N) is 2. The van der Waals surface area contributed by atoms with Crippen molar-refractivity contribution in [3.63, 3.8) is 0 Å². The Morgan fingerprint density at radius 1 is 1.19 bits per heavy atom. The van der Waals surface area contributed by atoms with Gasteiger partial charge >= 0.3 is 5.69 Å². The van der Waals surface area contributed by atoms with Gasteiger partial charge in [0.1, 0.15) is 5.82 Å². The van der Waals surface area contributed by atoms with Crippen molar-refractivity contribution in [2.24, 2.45) is 0 Å². The summed E-state index contributed by atoms with van der Waals surface area (Å²) in [4.78, 5) is 40.7. The largest absolute Gasteiger partial charge is 0.459 e. The van der Waals surface area contributed by atoms with Gasteiger partial charge in [0.2, 0.25) is 0 Å². The van der Waals surface area contributed by atoms with Gasteiger partial charge in [0.25, 0.3) is 11.5 Å². The van der Waals surface area contributed by atoms with Gasteiger partial charge in [0, 0.05) is 6.54 Å². The van der Waals surface area contributed by atoms with Crippen molar-refractivity contribution in [1.82, 2.24) is 9.55 Å². The quantitative estimate of drug-likeness (QED) is 0.719. The Balaban J connectivity index is 2.09. The highest BCUT2D eigenvalue weighted by Crippen LogP contribution is 2.20. The van der Waals surface area contributed by atoms with Gasteiger partial charge in [-0.1, -0.05) is 30.3 Å². The first-order chi connectivity index (χ1) is 12.5. The molecule has 0 radical (unpaired) electrons. The number of hydrogen-bond acceptors (Lipinski definition) is 5. The van der Waals surface area contributed by atoms with Crippen LogP contribution in [0.1, 0.15) is 23.0 Å². The van der Waals surface area contributed by atoms with E-state index in [2.05, 4.69) is 4.98 Å². The van der Waals surface area contributed by atoms with Crippen molar-refractivity contribution >= 4 is 17.4 Å². The number of hydrogen-bond donors (Lipinski definition) is 2. The monoisotopic (exact) mass is 354 g/mol. The number of furan rings is 1. The number of benzene rings is 1. The lowest BCUT2D eigenvalue weighted by Gasteiger charge is -2.22. The van der Waals surface area contributed by atoms with E-state index in [1.807, 2.05) is 30.3 Å². The lowest BCUT2D eigenvalue weighted by molar-refractivity contribution is 0.0961. The first-order valence-corrected chi connectivity index (χ1v) is 8.04. The summed E-state index contributed by atoms with van der Waals surface area (Å²) in [6.45, 7) is 2.05. The Morgan fingerprint density at radius 3 is 2.54 bits per heavy atom. The molecule has 2 aromatic heterocycles. The molecule has 0 aliphatic rings. The lowest BCUT2D eigenvalue weighted by Crippen LogP contribution is -2.41. The molecular weight excluding hydrogens is 336 g/mol. The summed E-state index contributed by atoms with van der Waals surface area (Å²) in [5, 5.41) is 0. The predicted molar refractivity (Wildman–Crippen MR) is 97.3 cm³/mol. The van der Waals surface area contributed by atoms with Gasteiger partial charge in [-0.05, 0) is 24.6 Å². The highest BCUT2D eigenvalue weighted by Gasteiger charge is 2.25. The van der Waals surface area contributed by atoms with Crippen LogP contribution in [0.5, 0.6) is 0 Å². The van der Waals surface area contributed by atoms with Crippen LogP contribution in [0.3, 0.4) is 0 Å². The van der Waals surface area contributed by atoms with Crippen molar-refractivity contribution in [2.45, 2.75) is 13.5 Å². The first-order valence-electron chi connectivity index (χ1n) is 8.04. The molecular formula is C18H18N4O4. The molecule has 1 aromatic carbocycles. The Morgan fingerprint density at radius 2 is 1.92 bits per heavy atom. The molecule has 0 atom stereocenters. The molecule has 2 heterocycles. The van der Waals surface area contributed by atoms with E-state index in [9.17, 15) is 14.4 Å². The Labute approximate surface area is 148 Å². The van der Waals surface area contributed by atoms with Crippen molar-refractivity contribution in [3.05, 3.63) is 80.9 Å². The zero-order valence-corrected chi connectivity index (χ0v) is 14.1. The number of aromatic amines is 1. The van der Waals surface area contributed by atoms with E-state index in [1.165, 1.54) is 21.8 Å². The van der Waals surface area contributed by atoms with Gasteiger partial charge in [0.15, 0.2) is 11.4 Å². The van der Waals surface area contributed by atoms with Crippen LogP contribution in [0.15, 0.2) is 62.7 Å². The van der Waals surface area contributed by atoms with Crippen molar-refractivity contribution in [1.29, 1.82) is 0 Å². The minimum absolute atomic E-state index is 0.0754. The fourth-order valence-electron chi connectivity index (χ4n) is 2.70. The van der Waals surface area contributed by atoms with E-state index in [0.29, 0.717) is 0 Å². The third kappa shape index (κ3) is 3.16. The maximum atomic E-state index is 12.6. The van der Waals surface area contributed by atoms with Crippen LogP contribution >= 0.6 is 0 Å². The number of carbonyl (C=O) groups is 1. The lowest BCUT2D eigenvalue weighted by atomic mass is 10.2. The minimum atomic E-state index is -0.724. The third-order valence-electron chi connectivity index (χ3n) is 3.96. The summed E-state index contributed by atoms with van der Waals surface area (Å²) in [6.07, 6.45) is 1.37. The normalized spacial score (nSPS) is 10.7. The number of anilines is 2. The van der Waals surface area contributed by atoms with Crippen LogP contribution in [0.25, 0.3) is 0 Å². The Bertz CT molecular complexity index is 1020. The summed E-state index contributed by atoms with van der Waals surface area (Å²) in [5.74, 6) is -0.518. The Kier molecular flexibility index (Phi) is 4.74. The molecule has 8 heteroatoms. The molecule has 3 aromatic rings. The van der Waals surface area contributed by atoms with Crippen LogP contribution in [-0.2, 0) is 6.54 Å². The van der Waals surface area contributed by atoms with Gasteiger partial charge < -0.3 is 10.2 Å². The number of nitrogen functional groups attached to an aromatic ring is 1. The number of nitrogens with one attached hydrogen (secondary N) is 1. The van der Waals surface area contributed by atoms with E-state index in [4.69, 9.17) is 10.2 Å². The summed E-state index contributed by atoms with van der Waals surface area (Å²) in [6, 6.07) is 12.3. The standard InChI is InChI=1S/C18H18N4O4/c1-2-21(17(24)13-9-6-10-26-13)14-15(19)22(18(25)20-16(14)23)11-12-7-4-3-5-8-12/h3-10H,2,11,19H2,1H3,(H,20,23,25). The topological polar surface area (TPSA) is 114 Å². The fraction of sp³-hybridized carbons (Fsp3) is 0.167. The second kappa shape index (κ2) is 7.14. The highest BCUT2D eigenvalue weighted by molar-refractivity contribution is 6.05. The van der Waals surface area contributed by atoms with Crippen LogP contribution < -0.4 is 21.9 Å². The van der Waals surface area contributed by atoms with Gasteiger partial charge in [-0.3, -0.25) is 24.0 Å². The molecule has 8 nitrogen and oxygen atoms in total. The number of aromatic nitrogens is 2. The molecule has 0 spiro atoms.